The molecule has 1 N–H and O–H groups in total. The predicted molar refractivity (Wildman–Crippen MR) is 42.3 cm³/mol. The fraction of sp³-hybridized carbons (Fsp3) is 0.500. The van der Waals surface area contributed by atoms with Crippen molar-refractivity contribution in [3.05, 3.63) is 12.2 Å². The maximum absolute atomic E-state index is 10.9. The van der Waals surface area contributed by atoms with Gasteiger partial charge in [0.25, 0.3) is 5.91 Å². The standard InChI is InChI=1S/C8H11NO3/c1-5(2)8(11)12-6-3-4-9-7(6)10/h6H,1,3-4H2,2H3,(H,9,10). The summed E-state index contributed by atoms with van der Waals surface area (Å²) in [6.07, 6.45) is -0.0631. The van der Waals surface area contributed by atoms with Gasteiger partial charge in [-0.25, -0.2) is 4.79 Å². The van der Waals surface area contributed by atoms with Crippen LogP contribution in [0.1, 0.15) is 13.3 Å². The third-order valence-electron chi connectivity index (χ3n) is 1.60. The smallest absolute Gasteiger partial charge is 0.333 e. The Balaban J connectivity index is 2.46. The topological polar surface area (TPSA) is 55.4 Å². The average molecular weight is 169 g/mol. The number of esters is 1. The Labute approximate surface area is 70.6 Å². The van der Waals surface area contributed by atoms with E-state index in [1.807, 2.05) is 0 Å². The van der Waals surface area contributed by atoms with Gasteiger partial charge in [0.2, 0.25) is 0 Å². The molecule has 1 amide bonds. The molecule has 66 valence electrons. The monoisotopic (exact) mass is 169 g/mol. The van der Waals surface area contributed by atoms with Crippen molar-refractivity contribution in [1.82, 2.24) is 5.32 Å². The molecule has 4 heteroatoms. The number of amides is 1. The number of carbonyl (C=O) groups excluding carboxylic acids is 2. The van der Waals surface area contributed by atoms with Gasteiger partial charge < -0.3 is 10.1 Å². The summed E-state index contributed by atoms with van der Waals surface area (Å²) < 4.78 is 4.83. The molecule has 0 aromatic heterocycles. The molecule has 1 aliphatic heterocycles. The molecule has 1 atom stereocenters. The van der Waals surface area contributed by atoms with E-state index in [0.29, 0.717) is 18.5 Å². The quantitative estimate of drug-likeness (QED) is 0.467. The largest absolute Gasteiger partial charge is 0.449 e. The molecule has 4 nitrogen and oxygen atoms in total. The molecular formula is C8H11NO3. The lowest BCUT2D eigenvalue weighted by atomic mass is 10.3. The lowest BCUT2D eigenvalue weighted by molar-refractivity contribution is -0.150. The van der Waals surface area contributed by atoms with Crippen LogP contribution in [-0.4, -0.2) is 24.5 Å². The van der Waals surface area contributed by atoms with Crippen LogP contribution in [0.4, 0.5) is 0 Å². The van der Waals surface area contributed by atoms with Gasteiger partial charge in [0, 0.05) is 18.5 Å². The van der Waals surface area contributed by atoms with Crippen molar-refractivity contribution in [1.29, 1.82) is 0 Å². The van der Waals surface area contributed by atoms with E-state index in [-0.39, 0.29) is 5.91 Å². The molecule has 0 saturated carbocycles. The van der Waals surface area contributed by atoms with Gasteiger partial charge in [-0.1, -0.05) is 6.58 Å². The zero-order valence-corrected chi connectivity index (χ0v) is 6.92. The van der Waals surface area contributed by atoms with E-state index in [1.165, 1.54) is 0 Å². The van der Waals surface area contributed by atoms with Crippen molar-refractivity contribution >= 4 is 11.9 Å². The number of hydrogen-bond acceptors (Lipinski definition) is 3. The number of carbonyl (C=O) groups is 2. The molecule has 1 unspecified atom stereocenters. The normalized spacial score (nSPS) is 21.8. The van der Waals surface area contributed by atoms with Gasteiger partial charge in [0.15, 0.2) is 6.10 Å². The van der Waals surface area contributed by atoms with E-state index in [9.17, 15) is 9.59 Å². The van der Waals surface area contributed by atoms with Crippen LogP contribution in [0.3, 0.4) is 0 Å². The van der Waals surface area contributed by atoms with Crippen LogP contribution in [0, 0.1) is 0 Å². The van der Waals surface area contributed by atoms with Crippen LogP contribution >= 0.6 is 0 Å². The van der Waals surface area contributed by atoms with Crippen LogP contribution in [0.5, 0.6) is 0 Å². The first-order chi connectivity index (χ1) is 5.61. The molecule has 0 spiro atoms. The molecule has 1 aliphatic rings. The van der Waals surface area contributed by atoms with E-state index >= 15 is 0 Å². The number of nitrogens with one attached hydrogen (secondary N) is 1. The second-order valence-electron chi connectivity index (χ2n) is 2.75. The van der Waals surface area contributed by atoms with Crippen LogP contribution in [-0.2, 0) is 14.3 Å². The Bertz CT molecular complexity index is 234. The third kappa shape index (κ3) is 1.84. The lowest BCUT2D eigenvalue weighted by Gasteiger charge is -2.08. The molecule has 1 heterocycles. The minimum Gasteiger partial charge on any atom is -0.449 e. The van der Waals surface area contributed by atoms with Gasteiger partial charge in [-0.15, -0.1) is 0 Å². The van der Waals surface area contributed by atoms with Gasteiger partial charge in [0.05, 0.1) is 0 Å². The molecular weight excluding hydrogens is 158 g/mol. The van der Waals surface area contributed by atoms with Gasteiger partial charge in [-0.3, -0.25) is 4.79 Å². The Morgan fingerprint density at radius 1 is 1.75 bits per heavy atom. The molecule has 0 aromatic rings. The summed E-state index contributed by atoms with van der Waals surface area (Å²) >= 11 is 0. The Morgan fingerprint density at radius 2 is 2.42 bits per heavy atom. The van der Waals surface area contributed by atoms with Crippen molar-refractivity contribution in [2.45, 2.75) is 19.4 Å². The molecule has 1 fully saturated rings. The van der Waals surface area contributed by atoms with Crippen molar-refractivity contribution in [3.8, 4) is 0 Å². The summed E-state index contributed by atoms with van der Waals surface area (Å²) in [5, 5.41) is 2.57. The van der Waals surface area contributed by atoms with E-state index < -0.39 is 12.1 Å². The first kappa shape index (κ1) is 8.77. The molecule has 1 rings (SSSR count). The predicted octanol–water partition coefficient (Wildman–Crippen LogP) is -0.00580. The lowest BCUT2D eigenvalue weighted by Crippen LogP contribution is -2.27. The highest BCUT2D eigenvalue weighted by Crippen LogP contribution is 2.07. The minimum atomic E-state index is -0.616. The van der Waals surface area contributed by atoms with E-state index in [1.54, 1.807) is 6.92 Å². The number of rotatable bonds is 2. The van der Waals surface area contributed by atoms with E-state index in [0.717, 1.165) is 0 Å². The van der Waals surface area contributed by atoms with E-state index in [2.05, 4.69) is 11.9 Å². The van der Waals surface area contributed by atoms with Gasteiger partial charge in [0.1, 0.15) is 0 Å². The molecule has 0 aromatic carbocycles. The van der Waals surface area contributed by atoms with Crippen molar-refractivity contribution in [2.75, 3.05) is 6.54 Å². The van der Waals surface area contributed by atoms with Crippen LogP contribution < -0.4 is 5.32 Å². The minimum absolute atomic E-state index is 0.218. The maximum Gasteiger partial charge on any atom is 0.333 e. The van der Waals surface area contributed by atoms with Crippen molar-refractivity contribution in [3.63, 3.8) is 0 Å². The summed E-state index contributed by atoms with van der Waals surface area (Å²) in [5.74, 6) is -0.721. The maximum atomic E-state index is 10.9. The number of hydrogen-bond donors (Lipinski definition) is 1. The third-order valence-corrected chi connectivity index (χ3v) is 1.60. The Morgan fingerprint density at radius 3 is 2.83 bits per heavy atom. The van der Waals surface area contributed by atoms with Crippen LogP contribution in [0.25, 0.3) is 0 Å². The summed E-state index contributed by atoms with van der Waals surface area (Å²) in [6.45, 7) is 5.54. The molecule has 1 saturated heterocycles. The van der Waals surface area contributed by atoms with E-state index in [4.69, 9.17) is 4.74 Å². The Hall–Kier alpha value is -1.32. The van der Waals surface area contributed by atoms with Crippen LogP contribution in [0.15, 0.2) is 12.2 Å². The molecule has 0 radical (unpaired) electrons. The fourth-order valence-corrected chi connectivity index (χ4v) is 0.914. The van der Waals surface area contributed by atoms with Crippen molar-refractivity contribution in [2.24, 2.45) is 0 Å². The molecule has 0 bridgehead atoms. The first-order valence-corrected chi connectivity index (χ1v) is 3.75. The van der Waals surface area contributed by atoms with Gasteiger partial charge in [-0.2, -0.15) is 0 Å². The SMILES string of the molecule is C=C(C)C(=O)OC1CCNC1=O. The first-order valence-electron chi connectivity index (χ1n) is 3.75. The second-order valence-corrected chi connectivity index (χ2v) is 2.75. The Kier molecular flexibility index (Phi) is 2.47. The van der Waals surface area contributed by atoms with Crippen molar-refractivity contribution < 1.29 is 14.3 Å². The zero-order chi connectivity index (χ0) is 9.14. The summed E-state index contributed by atoms with van der Waals surface area (Å²) in [7, 11) is 0. The summed E-state index contributed by atoms with van der Waals surface area (Å²) in [4.78, 5) is 21.9. The van der Waals surface area contributed by atoms with Gasteiger partial charge >= 0.3 is 5.97 Å². The highest BCUT2D eigenvalue weighted by molar-refractivity contribution is 5.91. The van der Waals surface area contributed by atoms with Gasteiger partial charge in [-0.05, 0) is 6.92 Å². The summed E-state index contributed by atoms with van der Waals surface area (Å²) in [6, 6.07) is 0. The zero-order valence-electron chi connectivity index (χ0n) is 6.92. The second kappa shape index (κ2) is 3.38. The van der Waals surface area contributed by atoms with Crippen LogP contribution in [0.2, 0.25) is 0 Å². The highest BCUT2D eigenvalue weighted by atomic mass is 16.5. The average Bonchev–Trinajstić information content (AvgIpc) is 2.36. The molecule has 12 heavy (non-hydrogen) atoms. The molecule has 0 aliphatic carbocycles. The fourth-order valence-electron chi connectivity index (χ4n) is 0.914. The number of ether oxygens (including phenoxy) is 1. The highest BCUT2D eigenvalue weighted by Gasteiger charge is 2.27. The summed E-state index contributed by atoms with van der Waals surface area (Å²) in [5.41, 5.74) is 0.315.